The van der Waals surface area contributed by atoms with Gasteiger partial charge in [0.15, 0.2) is 16.5 Å². The first-order valence-electron chi connectivity index (χ1n) is 13.6. The third kappa shape index (κ3) is 6.38. The molecule has 3 aromatic rings. The van der Waals surface area contributed by atoms with Crippen molar-refractivity contribution in [3.63, 3.8) is 0 Å². The second-order valence-corrected chi connectivity index (χ2v) is 12.6. The molecule has 14 nitrogen and oxygen atoms in total. The molecule has 0 saturated heterocycles. The molecule has 0 spiro atoms. The van der Waals surface area contributed by atoms with E-state index < -0.39 is 34.1 Å². The van der Waals surface area contributed by atoms with Crippen LogP contribution in [-0.2, 0) is 17.1 Å². The van der Waals surface area contributed by atoms with Crippen molar-refractivity contribution in [2.75, 3.05) is 44.2 Å². The Kier molecular flexibility index (Phi) is 8.48. The van der Waals surface area contributed by atoms with E-state index in [9.17, 15) is 23.1 Å². The van der Waals surface area contributed by atoms with Gasteiger partial charge in [0, 0.05) is 50.2 Å². The second-order valence-electron chi connectivity index (χ2n) is 10.6. The van der Waals surface area contributed by atoms with Crippen LogP contribution in [0.3, 0.4) is 0 Å². The second kappa shape index (κ2) is 12.1. The summed E-state index contributed by atoms with van der Waals surface area (Å²) in [5.41, 5.74) is 0.968. The molecule has 0 unspecified atom stereocenters. The summed E-state index contributed by atoms with van der Waals surface area (Å²) in [6.07, 6.45) is 2.17. The number of aryl methyl sites for hydroxylation is 1. The number of rotatable bonds is 8. The lowest BCUT2D eigenvalue weighted by atomic mass is 9.99. The highest BCUT2D eigenvalue weighted by Gasteiger charge is 2.36. The lowest BCUT2D eigenvalue weighted by molar-refractivity contribution is 0.0387. The van der Waals surface area contributed by atoms with Gasteiger partial charge < -0.3 is 39.4 Å². The number of likely N-dealkylation sites (N-methyl/N-ethyl adjacent to an activating group) is 1. The number of anilines is 2. The van der Waals surface area contributed by atoms with Gasteiger partial charge in [-0.25, -0.2) is 18.2 Å². The van der Waals surface area contributed by atoms with Crippen LogP contribution in [0.1, 0.15) is 24.2 Å². The summed E-state index contributed by atoms with van der Waals surface area (Å²) in [6.45, 7) is 3.59. The van der Waals surface area contributed by atoms with Crippen molar-refractivity contribution < 1.29 is 37.3 Å². The van der Waals surface area contributed by atoms with Crippen LogP contribution in [0.15, 0.2) is 53.9 Å². The molecule has 0 saturated carbocycles. The maximum Gasteiger partial charge on any atom is 0.323 e. The number of amides is 3. The number of aromatic nitrogens is 2. The van der Waals surface area contributed by atoms with Crippen molar-refractivity contribution in [3.8, 4) is 17.2 Å². The van der Waals surface area contributed by atoms with Crippen LogP contribution in [0, 0.1) is 5.92 Å². The minimum atomic E-state index is -3.90. The number of hydrogen-bond acceptors (Lipinski definition) is 9. The Balaban J connectivity index is 1.38. The molecule has 2 aromatic carbocycles. The number of aliphatic hydroxyl groups is 1. The maximum absolute atomic E-state index is 13.7. The number of sulfonamides is 1. The number of imidazole rings is 1. The number of fused-ring (bicyclic) bond motifs is 2. The van der Waals surface area contributed by atoms with Gasteiger partial charge in [-0.15, -0.1) is 0 Å². The molecule has 2 aliphatic rings. The molecule has 1 aromatic heterocycles. The van der Waals surface area contributed by atoms with E-state index in [1.807, 2.05) is 6.92 Å². The summed E-state index contributed by atoms with van der Waals surface area (Å²) in [4.78, 5) is 32.0. The Hall–Kier alpha value is -4.34. The molecule has 0 radical (unpaired) electrons. The lowest BCUT2D eigenvalue weighted by Crippen LogP contribution is -2.50. The summed E-state index contributed by atoms with van der Waals surface area (Å²) >= 11 is 0. The van der Waals surface area contributed by atoms with Crippen molar-refractivity contribution in [3.05, 3.63) is 54.5 Å². The molecule has 5 rings (SSSR count). The minimum absolute atomic E-state index is 0.0208. The number of nitrogens with one attached hydrogen (secondary N) is 2. The number of ether oxygens (including phenoxy) is 3. The van der Waals surface area contributed by atoms with E-state index in [-0.39, 0.29) is 48.7 Å². The smallest absolute Gasteiger partial charge is 0.323 e. The van der Waals surface area contributed by atoms with E-state index in [0.717, 1.165) is 0 Å². The first kappa shape index (κ1) is 30.1. The molecule has 2 aliphatic heterocycles. The van der Waals surface area contributed by atoms with E-state index in [4.69, 9.17) is 14.2 Å². The Labute approximate surface area is 249 Å². The summed E-state index contributed by atoms with van der Waals surface area (Å²) in [7, 11) is -0.772. The quantitative estimate of drug-likeness (QED) is 0.345. The van der Waals surface area contributed by atoms with Crippen molar-refractivity contribution in [1.29, 1.82) is 0 Å². The topological polar surface area (TPSA) is 165 Å². The summed E-state index contributed by atoms with van der Waals surface area (Å²) in [5, 5.41) is 15.3. The average Bonchev–Trinajstić information content (AvgIpc) is 3.63. The maximum atomic E-state index is 13.7. The molecular formula is C28H34N6O8S. The predicted octanol–water partition coefficient (Wildman–Crippen LogP) is 2.33. The van der Waals surface area contributed by atoms with Crippen LogP contribution in [0.25, 0.3) is 0 Å². The first-order valence-corrected chi connectivity index (χ1v) is 15.0. The van der Waals surface area contributed by atoms with E-state index in [2.05, 4.69) is 15.6 Å². The van der Waals surface area contributed by atoms with Gasteiger partial charge in [0.2, 0.25) is 6.79 Å². The number of carbonyl (C=O) groups is 2. The Morgan fingerprint density at radius 3 is 2.49 bits per heavy atom. The molecule has 3 amide bonds. The van der Waals surface area contributed by atoms with Crippen molar-refractivity contribution in [1.82, 2.24) is 18.8 Å². The van der Waals surface area contributed by atoms with Gasteiger partial charge in [-0.2, -0.15) is 4.31 Å². The number of urea groups is 1. The highest BCUT2D eigenvalue weighted by atomic mass is 32.2. The highest BCUT2D eigenvalue weighted by molar-refractivity contribution is 7.89. The molecule has 15 heteroatoms. The lowest BCUT2D eigenvalue weighted by Gasteiger charge is -2.38. The third-order valence-corrected chi connectivity index (χ3v) is 9.06. The number of nitrogens with zero attached hydrogens (tertiary/aromatic N) is 4. The van der Waals surface area contributed by atoms with Crippen LogP contribution >= 0.6 is 0 Å². The monoisotopic (exact) mass is 614 g/mol. The first-order chi connectivity index (χ1) is 20.5. The molecule has 230 valence electrons. The van der Waals surface area contributed by atoms with Crippen LogP contribution in [0.4, 0.5) is 16.2 Å². The van der Waals surface area contributed by atoms with Crippen molar-refractivity contribution in [2.45, 2.75) is 31.0 Å². The molecule has 43 heavy (non-hydrogen) atoms. The average molecular weight is 615 g/mol. The summed E-state index contributed by atoms with van der Waals surface area (Å²) in [6, 6.07) is 8.56. The minimum Gasteiger partial charge on any atom is -0.488 e. The predicted molar refractivity (Wildman–Crippen MR) is 156 cm³/mol. The number of hydrogen-bond donors (Lipinski definition) is 3. The van der Waals surface area contributed by atoms with E-state index >= 15 is 0 Å². The van der Waals surface area contributed by atoms with Crippen LogP contribution in [0.5, 0.6) is 17.2 Å². The molecule has 3 atom stereocenters. The van der Waals surface area contributed by atoms with Gasteiger partial charge in [-0.05, 0) is 37.3 Å². The SMILES string of the molecule is C[C@H]1CN([C@@H](C)CO)C(=O)c2cc(NC(=O)Nc3ccc4c(c3)OCO4)ccc2O[C@H]1CN(C)S(=O)(=O)c1cn(C)cn1. The van der Waals surface area contributed by atoms with E-state index in [1.54, 1.807) is 48.9 Å². The summed E-state index contributed by atoms with van der Waals surface area (Å²) in [5.74, 6) is 0.624. The number of aliphatic hydroxyl groups excluding tert-OH is 1. The largest absolute Gasteiger partial charge is 0.488 e. The molecule has 0 bridgehead atoms. The van der Waals surface area contributed by atoms with Gasteiger partial charge in [0.05, 0.1) is 31.1 Å². The van der Waals surface area contributed by atoms with Crippen molar-refractivity contribution >= 4 is 33.3 Å². The number of benzene rings is 2. The van der Waals surface area contributed by atoms with Gasteiger partial charge in [-0.3, -0.25) is 4.79 Å². The van der Waals surface area contributed by atoms with Gasteiger partial charge >= 0.3 is 6.03 Å². The Morgan fingerprint density at radius 1 is 1.14 bits per heavy atom. The fourth-order valence-electron chi connectivity index (χ4n) is 4.82. The molecule has 3 N–H and O–H groups in total. The molecule has 0 aliphatic carbocycles. The Bertz CT molecular complexity index is 1630. The van der Waals surface area contributed by atoms with Gasteiger partial charge in [0.25, 0.3) is 15.9 Å². The van der Waals surface area contributed by atoms with Gasteiger partial charge in [0.1, 0.15) is 11.9 Å². The van der Waals surface area contributed by atoms with Crippen LogP contribution < -0.4 is 24.8 Å². The van der Waals surface area contributed by atoms with Crippen LogP contribution in [0.2, 0.25) is 0 Å². The zero-order valence-electron chi connectivity index (χ0n) is 24.2. The zero-order valence-corrected chi connectivity index (χ0v) is 25.0. The van der Waals surface area contributed by atoms with Crippen LogP contribution in [-0.4, -0.2) is 89.9 Å². The Morgan fingerprint density at radius 2 is 1.81 bits per heavy atom. The fourth-order valence-corrected chi connectivity index (χ4v) is 5.96. The highest BCUT2D eigenvalue weighted by Crippen LogP contribution is 2.35. The molecule has 3 heterocycles. The van der Waals surface area contributed by atoms with Gasteiger partial charge in [-0.1, -0.05) is 6.92 Å². The number of carbonyl (C=O) groups excluding carboxylic acids is 2. The normalized spacial score (nSPS) is 18.8. The van der Waals surface area contributed by atoms with Crippen molar-refractivity contribution in [2.24, 2.45) is 13.0 Å². The third-order valence-electron chi connectivity index (χ3n) is 7.35. The van der Waals surface area contributed by atoms with E-state index in [1.165, 1.54) is 34.8 Å². The summed E-state index contributed by atoms with van der Waals surface area (Å²) < 4.78 is 46.0. The standard InChI is InChI=1S/C28H34N6O8S/c1-17-11-34(18(2)14-35)27(36)21-9-19(30-28(37)31-20-6-8-23-24(10-20)41-16-40-23)5-7-22(21)42-25(17)12-33(4)43(38,39)26-13-32(3)15-29-26/h5-10,13,15,17-18,25,35H,11-12,14,16H2,1-4H3,(H2,30,31,37)/t17-,18-,25-/m0/s1. The molecule has 0 fully saturated rings. The molecular weight excluding hydrogens is 580 g/mol. The van der Waals surface area contributed by atoms with E-state index in [0.29, 0.717) is 22.9 Å². The zero-order chi connectivity index (χ0) is 30.9. The fraction of sp³-hybridized carbons (Fsp3) is 0.393.